The van der Waals surface area contributed by atoms with Crippen molar-refractivity contribution >= 4 is 39.7 Å². The highest BCUT2D eigenvalue weighted by molar-refractivity contribution is 7.88. The van der Waals surface area contributed by atoms with E-state index in [-0.39, 0.29) is 37.7 Å². The van der Waals surface area contributed by atoms with Crippen LogP contribution in [-0.4, -0.2) is 104 Å². The molecule has 2 saturated heterocycles. The highest BCUT2D eigenvalue weighted by Gasteiger charge is 2.41. The van der Waals surface area contributed by atoms with Crippen molar-refractivity contribution in [3.05, 3.63) is 35.9 Å². The number of methoxy groups -OCH3 is 1. The van der Waals surface area contributed by atoms with Gasteiger partial charge in [0.1, 0.15) is 12.1 Å². The van der Waals surface area contributed by atoms with Gasteiger partial charge >= 0.3 is 5.97 Å². The van der Waals surface area contributed by atoms with Gasteiger partial charge in [-0.3, -0.25) is 19.2 Å². The predicted molar refractivity (Wildman–Crippen MR) is 152 cm³/mol. The Labute approximate surface area is 240 Å². The minimum Gasteiger partial charge on any atom is -0.469 e. The zero-order chi connectivity index (χ0) is 30.2. The number of carbonyl (C=O) groups excluding carboxylic acids is 4. The fourth-order valence-corrected chi connectivity index (χ4v) is 6.43. The Morgan fingerprint density at radius 3 is 2.29 bits per heavy atom. The van der Waals surface area contributed by atoms with Gasteiger partial charge in [-0.2, -0.15) is 9.30 Å². The Morgan fingerprint density at radius 2 is 1.71 bits per heavy atom. The molecule has 0 unspecified atom stereocenters. The first kappa shape index (κ1) is 32.0. The van der Waals surface area contributed by atoms with Crippen LogP contribution in [0.1, 0.15) is 44.1 Å². The molecule has 0 aliphatic carbocycles. The molecule has 2 heterocycles. The fourth-order valence-electron chi connectivity index (χ4n) is 5.33. The summed E-state index contributed by atoms with van der Waals surface area (Å²) in [6.45, 7) is 1.33. The number of rotatable bonds is 11. The lowest BCUT2D eigenvalue weighted by atomic mass is 9.95. The zero-order valence-electron chi connectivity index (χ0n) is 23.6. The summed E-state index contributed by atoms with van der Waals surface area (Å²) in [6, 6.07) is 7.37. The minimum atomic E-state index is -3.83. The summed E-state index contributed by atoms with van der Waals surface area (Å²) in [5, 5.41) is 0. The molecule has 0 radical (unpaired) electrons. The van der Waals surface area contributed by atoms with Crippen LogP contribution < -0.4 is 11.5 Å². The molecule has 0 saturated carbocycles. The van der Waals surface area contributed by atoms with E-state index < -0.39 is 45.8 Å². The molecule has 14 heteroatoms. The van der Waals surface area contributed by atoms with Crippen LogP contribution in [-0.2, 0) is 40.4 Å². The first-order valence-corrected chi connectivity index (χ1v) is 15.5. The summed E-state index contributed by atoms with van der Waals surface area (Å²) < 4.78 is 32.1. The molecular formula is C27H40N6O7S. The third-order valence-corrected chi connectivity index (χ3v) is 8.84. The minimum absolute atomic E-state index is 0.0435. The summed E-state index contributed by atoms with van der Waals surface area (Å²) in [4.78, 5) is 56.3. The number of aliphatic imine (C=N–C) groups is 1. The van der Waals surface area contributed by atoms with Crippen LogP contribution in [0, 0.1) is 5.92 Å². The predicted octanol–water partition coefficient (Wildman–Crippen LogP) is -0.158. The summed E-state index contributed by atoms with van der Waals surface area (Å²) in [5.74, 6) is -2.11. The van der Waals surface area contributed by atoms with Gasteiger partial charge in [0.15, 0.2) is 5.96 Å². The van der Waals surface area contributed by atoms with Gasteiger partial charge in [0.2, 0.25) is 27.7 Å². The molecule has 2 aliphatic rings. The topological polar surface area (TPSA) is 186 Å². The molecular weight excluding hydrogens is 552 g/mol. The van der Waals surface area contributed by atoms with Gasteiger partial charge in [-0.05, 0) is 43.6 Å². The second-order valence-electron chi connectivity index (χ2n) is 10.5. The molecule has 3 rings (SSSR count). The normalized spacial score (nSPS) is 19.3. The van der Waals surface area contributed by atoms with E-state index >= 15 is 0 Å². The van der Waals surface area contributed by atoms with Crippen molar-refractivity contribution in [3.63, 3.8) is 0 Å². The molecule has 3 amide bonds. The van der Waals surface area contributed by atoms with Crippen LogP contribution in [0.4, 0.5) is 0 Å². The smallest absolute Gasteiger partial charge is 0.306 e. The van der Waals surface area contributed by atoms with Crippen LogP contribution in [0.2, 0.25) is 0 Å². The number of likely N-dealkylation sites (tertiary alicyclic amines) is 2. The summed E-state index contributed by atoms with van der Waals surface area (Å²) in [7, 11) is -2.59. The van der Waals surface area contributed by atoms with Crippen molar-refractivity contribution in [2.24, 2.45) is 22.4 Å². The van der Waals surface area contributed by atoms with Crippen LogP contribution in [0.3, 0.4) is 0 Å². The molecule has 41 heavy (non-hydrogen) atoms. The molecule has 226 valence electrons. The Balaban J connectivity index is 1.74. The van der Waals surface area contributed by atoms with Gasteiger partial charge in [-0.25, -0.2) is 8.42 Å². The second-order valence-corrected chi connectivity index (χ2v) is 12.4. The van der Waals surface area contributed by atoms with Gasteiger partial charge in [0.05, 0.1) is 19.8 Å². The van der Waals surface area contributed by atoms with Gasteiger partial charge in [0.25, 0.3) is 0 Å². The summed E-state index contributed by atoms with van der Waals surface area (Å²) in [5.41, 5.74) is 12.4. The largest absolute Gasteiger partial charge is 0.469 e. The number of guanidine groups is 1. The molecule has 0 bridgehead atoms. The number of nitrogens with zero attached hydrogens (tertiary/aromatic N) is 4. The van der Waals surface area contributed by atoms with E-state index in [2.05, 4.69) is 9.73 Å². The van der Waals surface area contributed by atoms with Crippen molar-refractivity contribution in [1.82, 2.24) is 14.1 Å². The van der Waals surface area contributed by atoms with E-state index in [1.807, 2.05) is 30.3 Å². The first-order valence-electron chi connectivity index (χ1n) is 13.7. The number of piperidine rings is 1. The number of amides is 3. The average Bonchev–Trinajstić information content (AvgIpc) is 3.44. The van der Waals surface area contributed by atoms with E-state index in [1.54, 1.807) is 4.90 Å². The molecule has 2 aliphatic heterocycles. The van der Waals surface area contributed by atoms with Crippen molar-refractivity contribution in [3.8, 4) is 0 Å². The van der Waals surface area contributed by atoms with E-state index in [0.29, 0.717) is 45.3 Å². The molecule has 0 spiro atoms. The Hall–Kier alpha value is -3.52. The molecule has 0 aromatic heterocycles. The number of ether oxygens (including phenoxy) is 1. The Morgan fingerprint density at radius 1 is 1.05 bits per heavy atom. The standard InChI is InChI=1S/C27H40N6O7S/c1-40-24(35)11-10-23(34)30-27(29)31-15-12-20(13-16-31)18-33(41(2,38)39)22(17-19-7-4-3-5-8-19)26(37)32-14-6-9-21(32)25(28)36/h3-5,7-8,20-22H,6,9-18H2,1-2H3,(H2,28,36)(H2,29,30,34)/t21-,22+/m0/s1. The molecule has 2 atom stereocenters. The van der Waals surface area contributed by atoms with Crippen LogP contribution in [0.25, 0.3) is 0 Å². The fraction of sp³-hybridized carbons (Fsp3) is 0.593. The van der Waals surface area contributed by atoms with Crippen LogP contribution in [0.15, 0.2) is 35.3 Å². The second kappa shape index (κ2) is 14.4. The van der Waals surface area contributed by atoms with Gasteiger partial charge in [-0.1, -0.05) is 30.3 Å². The monoisotopic (exact) mass is 592 g/mol. The number of primary amides is 1. The molecule has 1 aromatic rings. The maximum Gasteiger partial charge on any atom is 0.306 e. The number of hydrogen-bond acceptors (Lipinski definition) is 7. The highest BCUT2D eigenvalue weighted by atomic mass is 32.2. The SMILES string of the molecule is COC(=O)CCC(=O)N=C(N)N1CCC(CN([C@H](Cc2ccccc2)C(=O)N2CCC[C@H]2C(N)=O)S(C)(=O)=O)CC1. The number of carbonyl (C=O) groups is 4. The maximum absolute atomic E-state index is 13.9. The number of sulfonamides is 1. The van der Waals surface area contributed by atoms with Crippen LogP contribution in [0.5, 0.6) is 0 Å². The number of esters is 1. The van der Waals surface area contributed by atoms with E-state index in [1.165, 1.54) is 16.3 Å². The van der Waals surface area contributed by atoms with Crippen molar-refractivity contribution < 1.29 is 32.3 Å². The Bertz CT molecular complexity index is 1230. The lowest BCUT2D eigenvalue weighted by Crippen LogP contribution is -2.56. The van der Waals surface area contributed by atoms with Crippen molar-refractivity contribution in [2.75, 3.05) is 39.5 Å². The molecule has 13 nitrogen and oxygen atoms in total. The van der Waals surface area contributed by atoms with E-state index in [4.69, 9.17) is 11.5 Å². The number of hydrogen-bond donors (Lipinski definition) is 2. The first-order chi connectivity index (χ1) is 19.4. The van der Waals surface area contributed by atoms with Gasteiger partial charge < -0.3 is 26.0 Å². The summed E-state index contributed by atoms with van der Waals surface area (Å²) in [6.07, 6.45) is 3.21. The third kappa shape index (κ3) is 8.98. The van der Waals surface area contributed by atoms with Crippen molar-refractivity contribution in [2.45, 2.75) is 57.0 Å². The average molecular weight is 593 g/mol. The molecule has 1 aromatic carbocycles. The van der Waals surface area contributed by atoms with E-state index in [9.17, 15) is 27.6 Å². The van der Waals surface area contributed by atoms with Gasteiger partial charge in [-0.15, -0.1) is 0 Å². The number of benzene rings is 1. The lowest BCUT2D eigenvalue weighted by Gasteiger charge is -2.38. The zero-order valence-corrected chi connectivity index (χ0v) is 24.4. The van der Waals surface area contributed by atoms with Gasteiger partial charge in [0, 0.05) is 32.6 Å². The molecule has 4 N–H and O–H groups in total. The van der Waals surface area contributed by atoms with E-state index in [0.717, 1.165) is 11.8 Å². The third-order valence-electron chi connectivity index (χ3n) is 7.58. The Kier molecular flexibility index (Phi) is 11.2. The van der Waals surface area contributed by atoms with Crippen LogP contribution >= 0.6 is 0 Å². The summed E-state index contributed by atoms with van der Waals surface area (Å²) >= 11 is 0. The number of nitrogens with two attached hydrogens (primary N) is 2. The lowest BCUT2D eigenvalue weighted by molar-refractivity contribution is -0.141. The molecule has 2 fully saturated rings. The highest BCUT2D eigenvalue weighted by Crippen LogP contribution is 2.26. The van der Waals surface area contributed by atoms with Crippen molar-refractivity contribution in [1.29, 1.82) is 0 Å². The maximum atomic E-state index is 13.9. The quantitative estimate of drug-likeness (QED) is 0.200.